The molecule has 1 heterocycles. The predicted molar refractivity (Wildman–Crippen MR) is 59.6 cm³/mol. The molecule has 4 nitrogen and oxygen atoms in total. The van der Waals surface area contributed by atoms with E-state index in [9.17, 15) is 14.4 Å². The molecule has 0 saturated heterocycles. The lowest BCUT2D eigenvalue weighted by Crippen LogP contribution is -2.31. The van der Waals surface area contributed by atoms with E-state index in [1.54, 1.807) is 0 Å². The number of nitrogens with zero attached hydrogens (tertiary/aromatic N) is 1. The fourth-order valence-corrected chi connectivity index (χ4v) is 1.42. The number of hydrogen-bond donors (Lipinski definition) is 0. The summed E-state index contributed by atoms with van der Waals surface area (Å²) in [5.74, 6) is -0.416. The first kappa shape index (κ1) is 12.6. The number of carbonyl (C=O) groups excluding carboxylic acids is 3. The van der Waals surface area contributed by atoms with E-state index in [1.165, 1.54) is 12.2 Å². The minimum Gasteiger partial charge on any atom is -0.299 e. The van der Waals surface area contributed by atoms with E-state index < -0.39 is 0 Å². The van der Waals surface area contributed by atoms with Gasteiger partial charge in [0.05, 0.1) is 0 Å². The summed E-state index contributed by atoms with van der Waals surface area (Å²) < 4.78 is 0. The van der Waals surface area contributed by atoms with Crippen LogP contribution in [0.15, 0.2) is 12.2 Å². The van der Waals surface area contributed by atoms with Gasteiger partial charge in [0, 0.05) is 30.5 Å². The van der Waals surface area contributed by atoms with E-state index >= 15 is 0 Å². The fourth-order valence-electron chi connectivity index (χ4n) is 1.42. The van der Waals surface area contributed by atoms with Crippen molar-refractivity contribution in [1.29, 1.82) is 0 Å². The van der Waals surface area contributed by atoms with E-state index in [0.29, 0.717) is 19.4 Å². The van der Waals surface area contributed by atoms with E-state index in [0.717, 1.165) is 4.90 Å². The minimum atomic E-state index is -0.350. The standard InChI is InChI=1S/C12H17NO3/c1-12(2,3)9(14)5-4-8-13-10(15)6-7-11(13)16/h6-7H,4-5,8H2,1-3H3. The Hall–Kier alpha value is -1.45. The third kappa shape index (κ3) is 3.02. The van der Waals surface area contributed by atoms with Crippen molar-refractivity contribution in [2.45, 2.75) is 33.6 Å². The molecule has 2 amide bonds. The lowest BCUT2D eigenvalue weighted by molar-refractivity contribution is -0.137. The summed E-state index contributed by atoms with van der Waals surface area (Å²) in [6.07, 6.45) is 3.46. The van der Waals surface area contributed by atoms with Crippen molar-refractivity contribution < 1.29 is 14.4 Å². The van der Waals surface area contributed by atoms with Gasteiger partial charge in [0.1, 0.15) is 5.78 Å². The van der Waals surface area contributed by atoms with Gasteiger partial charge >= 0.3 is 0 Å². The third-order valence-electron chi connectivity index (χ3n) is 2.52. The molecule has 0 aliphatic carbocycles. The quantitative estimate of drug-likeness (QED) is 0.675. The van der Waals surface area contributed by atoms with Crippen molar-refractivity contribution in [2.75, 3.05) is 6.54 Å². The highest BCUT2D eigenvalue weighted by Crippen LogP contribution is 2.18. The summed E-state index contributed by atoms with van der Waals surface area (Å²) in [5.41, 5.74) is -0.350. The van der Waals surface area contributed by atoms with E-state index in [4.69, 9.17) is 0 Å². The van der Waals surface area contributed by atoms with Crippen molar-refractivity contribution in [1.82, 2.24) is 4.90 Å². The van der Waals surface area contributed by atoms with E-state index in [-0.39, 0.29) is 23.0 Å². The van der Waals surface area contributed by atoms with Crippen molar-refractivity contribution in [3.8, 4) is 0 Å². The molecular weight excluding hydrogens is 206 g/mol. The Morgan fingerprint density at radius 1 is 1.19 bits per heavy atom. The highest BCUT2D eigenvalue weighted by atomic mass is 16.2. The second-order valence-electron chi connectivity index (χ2n) is 4.94. The lowest BCUT2D eigenvalue weighted by Gasteiger charge is -2.18. The maximum Gasteiger partial charge on any atom is 0.253 e. The van der Waals surface area contributed by atoms with Gasteiger partial charge in [0.15, 0.2) is 0 Å². The summed E-state index contributed by atoms with van der Waals surface area (Å²) >= 11 is 0. The molecule has 0 radical (unpaired) electrons. The third-order valence-corrected chi connectivity index (χ3v) is 2.52. The van der Waals surface area contributed by atoms with Gasteiger partial charge in [-0.2, -0.15) is 0 Å². The Morgan fingerprint density at radius 2 is 1.69 bits per heavy atom. The van der Waals surface area contributed by atoms with Crippen LogP contribution in [0.3, 0.4) is 0 Å². The van der Waals surface area contributed by atoms with E-state index in [1.807, 2.05) is 20.8 Å². The van der Waals surface area contributed by atoms with Gasteiger partial charge in [-0.25, -0.2) is 0 Å². The molecule has 0 aromatic rings. The van der Waals surface area contributed by atoms with Crippen LogP contribution in [0.25, 0.3) is 0 Å². The molecule has 0 aromatic carbocycles. The smallest absolute Gasteiger partial charge is 0.253 e. The highest BCUT2D eigenvalue weighted by Gasteiger charge is 2.24. The molecule has 0 aromatic heterocycles. The summed E-state index contributed by atoms with van der Waals surface area (Å²) in [6.45, 7) is 5.92. The van der Waals surface area contributed by atoms with Crippen molar-refractivity contribution in [2.24, 2.45) is 5.41 Å². The van der Waals surface area contributed by atoms with Crippen LogP contribution < -0.4 is 0 Å². The van der Waals surface area contributed by atoms with Crippen molar-refractivity contribution in [3.63, 3.8) is 0 Å². The second-order valence-corrected chi connectivity index (χ2v) is 4.94. The first-order valence-electron chi connectivity index (χ1n) is 5.39. The first-order chi connectivity index (χ1) is 7.32. The number of Topliss-reactive ketones (excluding diaryl/α,β-unsaturated/α-hetero) is 1. The van der Waals surface area contributed by atoms with Crippen molar-refractivity contribution >= 4 is 17.6 Å². The number of hydrogen-bond acceptors (Lipinski definition) is 3. The molecule has 0 fully saturated rings. The number of imide groups is 1. The van der Waals surface area contributed by atoms with Crippen molar-refractivity contribution in [3.05, 3.63) is 12.2 Å². The normalized spacial score (nSPS) is 16.1. The van der Waals surface area contributed by atoms with E-state index in [2.05, 4.69) is 0 Å². The van der Waals surface area contributed by atoms with Gasteiger partial charge in [-0.1, -0.05) is 20.8 Å². The average Bonchev–Trinajstić information content (AvgIpc) is 2.47. The largest absolute Gasteiger partial charge is 0.299 e. The fraction of sp³-hybridized carbons (Fsp3) is 0.583. The number of carbonyl (C=O) groups is 3. The molecule has 0 spiro atoms. The van der Waals surface area contributed by atoms with Gasteiger partial charge in [-0.05, 0) is 6.42 Å². The van der Waals surface area contributed by atoms with Gasteiger partial charge in [0.2, 0.25) is 0 Å². The topological polar surface area (TPSA) is 54.5 Å². The number of amides is 2. The summed E-state index contributed by atoms with van der Waals surface area (Å²) in [5, 5.41) is 0. The molecule has 16 heavy (non-hydrogen) atoms. The van der Waals surface area contributed by atoms with Crippen LogP contribution in [0, 0.1) is 5.41 Å². The summed E-state index contributed by atoms with van der Waals surface area (Å²) in [6, 6.07) is 0. The molecule has 0 N–H and O–H groups in total. The van der Waals surface area contributed by atoms with Gasteiger partial charge in [-0.3, -0.25) is 19.3 Å². The Balaban J connectivity index is 2.35. The molecule has 1 aliphatic rings. The molecular formula is C12H17NO3. The van der Waals surface area contributed by atoms with Crippen LogP contribution in [-0.2, 0) is 14.4 Å². The average molecular weight is 223 g/mol. The maximum atomic E-state index is 11.6. The molecule has 1 rings (SSSR count). The first-order valence-corrected chi connectivity index (χ1v) is 5.39. The van der Waals surface area contributed by atoms with Crippen LogP contribution in [0.1, 0.15) is 33.6 Å². The zero-order chi connectivity index (χ0) is 12.3. The summed E-state index contributed by atoms with van der Waals surface area (Å²) in [7, 11) is 0. The zero-order valence-electron chi connectivity index (χ0n) is 9.95. The number of ketones is 1. The van der Waals surface area contributed by atoms with Crippen LogP contribution in [0.2, 0.25) is 0 Å². The molecule has 4 heteroatoms. The number of rotatable bonds is 4. The van der Waals surface area contributed by atoms with Crippen LogP contribution >= 0.6 is 0 Å². The van der Waals surface area contributed by atoms with Crippen LogP contribution in [-0.4, -0.2) is 29.0 Å². The monoisotopic (exact) mass is 223 g/mol. The van der Waals surface area contributed by atoms with Gasteiger partial charge < -0.3 is 0 Å². The van der Waals surface area contributed by atoms with Crippen LogP contribution in [0.5, 0.6) is 0 Å². The van der Waals surface area contributed by atoms with Crippen LogP contribution in [0.4, 0.5) is 0 Å². The highest BCUT2D eigenvalue weighted by molar-refractivity contribution is 6.12. The molecule has 0 unspecified atom stereocenters. The van der Waals surface area contributed by atoms with Gasteiger partial charge in [-0.15, -0.1) is 0 Å². The minimum absolute atomic E-state index is 0.152. The van der Waals surface area contributed by atoms with Gasteiger partial charge in [0.25, 0.3) is 11.8 Å². The zero-order valence-corrected chi connectivity index (χ0v) is 9.95. The Bertz CT molecular complexity index is 332. The molecule has 0 bridgehead atoms. The molecule has 0 saturated carbocycles. The molecule has 0 atom stereocenters. The molecule has 1 aliphatic heterocycles. The second kappa shape index (κ2) is 4.60. The molecule has 88 valence electrons. The maximum absolute atomic E-state index is 11.6. The Kier molecular flexibility index (Phi) is 3.62. The Morgan fingerprint density at radius 3 is 2.12 bits per heavy atom. The SMILES string of the molecule is CC(C)(C)C(=O)CCCN1C(=O)C=CC1=O. The summed E-state index contributed by atoms with van der Waals surface area (Å²) in [4.78, 5) is 35.1. The predicted octanol–water partition coefficient (Wildman–Crippen LogP) is 1.31. The lowest BCUT2D eigenvalue weighted by atomic mass is 9.88. The Labute approximate surface area is 95.3 Å².